The molecule has 92 valence electrons. The van der Waals surface area contributed by atoms with Gasteiger partial charge in [0.2, 0.25) is 0 Å². The maximum absolute atomic E-state index is 9.84. The van der Waals surface area contributed by atoms with Crippen LogP contribution in [0.15, 0.2) is 30.5 Å². The number of nitrogens with one attached hydrogen (secondary N) is 1. The minimum absolute atomic E-state index is 0.171. The first-order valence-electron chi connectivity index (χ1n) is 5.65. The molecule has 4 heteroatoms. The van der Waals surface area contributed by atoms with Crippen molar-refractivity contribution in [3.63, 3.8) is 0 Å². The fraction of sp³-hybridized carbons (Fsp3) is 0.143. The number of aromatic amines is 1. The minimum Gasteiger partial charge on any atom is -0.504 e. The van der Waals surface area contributed by atoms with E-state index in [4.69, 9.17) is 16.3 Å². The summed E-state index contributed by atoms with van der Waals surface area (Å²) in [6.45, 7) is 2.43. The molecular formula is C14H12ClNO2. The molecular weight excluding hydrogens is 250 g/mol. The molecule has 3 nitrogen and oxygen atoms in total. The quantitative estimate of drug-likeness (QED) is 0.814. The highest BCUT2D eigenvalue weighted by atomic mass is 35.5. The Labute approximate surface area is 110 Å². The van der Waals surface area contributed by atoms with Crippen molar-refractivity contribution >= 4 is 17.4 Å². The molecule has 0 saturated carbocycles. The minimum atomic E-state index is 0.171. The standard InChI is InChI=1S/C14H12ClNO2/c1-8-13-11(6-18-7-12(13)17)16-14(8)9-2-4-10(15)5-3-9/h2-5,7,16-17H,6H2,1H3. The lowest BCUT2D eigenvalue weighted by atomic mass is 10.0. The molecule has 1 aromatic carbocycles. The second kappa shape index (κ2) is 4.10. The van der Waals surface area contributed by atoms with Crippen molar-refractivity contribution in [2.24, 2.45) is 0 Å². The second-order valence-electron chi connectivity index (χ2n) is 4.30. The van der Waals surface area contributed by atoms with Gasteiger partial charge in [-0.25, -0.2) is 0 Å². The Morgan fingerprint density at radius 1 is 1.28 bits per heavy atom. The first kappa shape index (κ1) is 11.2. The summed E-state index contributed by atoms with van der Waals surface area (Å²) in [5.74, 6) is 0.171. The number of benzene rings is 1. The predicted octanol–water partition coefficient (Wildman–Crippen LogP) is 4.03. The summed E-state index contributed by atoms with van der Waals surface area (Å²) in [4.78, 5) is 3.30. The molecule has 0 spiro atoms. The maximum Gasteiger partial charge on any atom is 0.159 e. The first-order valence-corrected chi connectivity index (χ1v) is 6.03. The van der Waals surface area contributed by atoms with Crippen molar-refractivity contribution in [3.05, 3.63) is 52.4 Å². The highest BCUT2D eigenvalue weighted by Crippen LogP contribution is 2.34. The van der Waals surface area contributed by atoms with Crippen LogP contribution in [0, 0.1) is 6.92 Å². The Hall–Kier alpha value is -1.87. The average Bonchev–Trinajstić information content (AvgIpc) is 2.69. The van der Waals surface area contributed by atoms with E-state index in [-0.39, 0.29) is 5.76 Å². The lowest BCUT2D eigenvalue weighted by Crippen LogP contribution is -2.00. The lowest BCUT2D eigenvalue weighted by Gasteiger charge is -2.10. The summed E-state index contributed by atoms with van der Waals surface area (Å²) in [6.07, 6.45) is 1.38. The maximum atomic E-state index is 9.84. The van der Waals surface area contributed by atoms with Gasteiger partial charge >= 0.3 is 0 Å². The van der Waals surface area contributed by atoms with Crippen LogP contribution in [0.3, 0.4) is 0 Å². The van der Waals surface area contributed by atoms with Crippen LogP contribution in [0.4, 0.5) is 0 Å². The van der Waals surface area contributed by atoms with Crippen LogP contribution in [0.2, 0.25) is 5.02 Å². The van der Waals surface area contributed by atoms with Gasteiger partial charge in [0, 0.05) is 16.3 Å². The predicted molar refractivity (Wildman–Crippen MR) is 71.4 cm³/mol. The van der Waals surface area contributed by atoms with Gasteiger partial charge in [-0.05, 0) is 30.2 Å². The van der Waals surface area contributed by atoms with E-state index in [0.29, 0.717) is 11.6 Å². The van der Waals surface area contributed by atoms with Crippen molar-refractivity contribution in [1.82, 2.24) is 4.98 Å². The van der Waals surface area contributed by atoms with E-state index in [2.05, 4.69) is 4.98 Å². The Balaban J connectivity index is 2.15. The Bertz CT molecular complexity index is 626. The number of ether oxygens (including phenoxy) is 1. The molecule has 0 amide bonds. The average molecular weight is 262 g/mol. The normalized spacial score (nSPS) is 13.8. The highest BCUT2D eigenvalue weighted by molar-refractivity contribution is 6.30. The van der Waals surface area contributed by atoms with E-state index in [1.165, 1.54) is 6.26 Å². The van der Waals surface area contributed by atoms with Crippen molar-refractivity contribution in [1.29, 1.82) is 0 Å². The molecule has 1 aliphatic rings. The zero-order valence-electron chi connectivity index (χ0n) is 9.83. The van der Waals surface area contributed by atoms with Crippen molar-refractivity contribution in [2.75, 3.05) is 0 Å². The molecule has 18 heavy (non-hydrogen) atoms. The number of aliphatic hydroxyl groups is 1. The van der Waals surface area contributed by atoms with E-state index in [1.54, 1.807) is 0 Å². The second-order valence-corrected chi connectivity index (χ2v) is 4.74. The van der Waals surface area contributed by atoms with E-state index >= 15 is 0 Å². The van der Waals surface area contributed by atoms with Crippen LogP contribution in [-0.4, -0.2) is 10.1 Å². The Kier molecular flexibility index (Phi) is 2.56. The van der Waals surface area contributed by atoms with Gasteiger partial charge in [0.15, 0.2) is 5.76 Å². The summed E-state index contributed by atoms with van der Waals surface area (Å²) < 4.78 is 5.17. The number of rotatable bonds is 1. The third-order valence-electron chi connectivity index (χ3n) is 3.14. The zero-order chi connectivity index (χ0) is 12.7. The Morgan fingerprint density at radius 2 is 2.00 bits per heavy atom. The van der Waals surface area contributed by atoms with E-state index in [0.717, 1.165) is 28.1 Å². The summed E-state index contributed by atoms with van der Waals surface area (Å²) in [7, 11) is 0. The largest absolute Gasteiger partial charge is 0.504 e. The van der Waals surface area contributed by atoms with Crippen LogP contribution in [0.5, 0.6) is 0 Å². The molecule has 2 N–H and O–H groups in total. The van der Waals surface area contributed by atoms with Crippen molar-refractivity contribution in [2.45, 2.75) is 13.5 Å². The van der Waals surface area contributed by atoms with Crippen molar-refractivity contribution < 1.29 is 9.84 Å². The summed E-state index contributed by atoms with van der Waals surface area (Å²) in [5.41, 5.74) is 4.79. The third kappa shape index (κ3) is 1.68. The molecule has 0 bridgehead atoms. The molecule has 0 fully saturated rings. The molecule has 0 radical (unpaired) electrons. The molecule has 1 aromatic heterocycles. The molecule has 2 heterocycles. The van der Waals surface area contributed by atoms with Gasteiger partial charge in [-0.1, -0.05) is 23.7 Å². The van der Waals surface area contributed by atoms with Crippen LogP contribution in [0.25, 0.3) is 17.0 Å². The van der Waals surface area contributed by atoms with Crippen molar-refractivity contribution in [3.8, 4) is 11.3 Å². The Morgan fingerprint density at radius 3 is 2.67 bits per heavy atom. The SMILES string of the molecule is Cc1c(-c2ccc(Cl)cc2)[nH]c2c1C(O)=COC2. The molecule has 3 rings (SSSR count). The van der Waals surface area contributed by atoms with Crippen LogP contribution >= 0.6 is 11.6 Å². The van der Waals surface area contributed by atoms with Crippen LogP contribution in [-0.2, 0) is 11.3 Å². The van der Waals surface area contributed by atoms with Crippen LogP contribution < -0.4 is 0 Å². The van der Waals surface area contributed by atoms with Gasteiger partial charge < -0.3 is 14.8 Å². The molecule has 0 saturated heterocycles. The van der Waals surface area contributed by atoms with Gasteiger partial charge in [-0.3, -0.25) is 0 Å². The van der Waals surface area contributed by atoms with Gasteiger partial charge in [0.25, 0.3) is 0 Å². The smallest absolute Gasteiger partial charge is 0.159 e. The first-order chi connectivity index (χ1) is 8.66. The number of aromatic nitrogens is 1. The highest BCUT2D eigenvalue weighted by Gasteiger charge is 2.21. The topological polar surface area (TPSA) is 45.2 Å². The monoisotopic (exact) mass is 261 g/mol. The van der Waals surface area contributed by atoms with E-state index in [1.807, 2.05) is 31.2 Å². The molecule has 0 unspecified atom stereocenters. The molecule has 2 aromatic rings. The number of hydrogen-bond acceptors (Lipinski definition) is 2. The van der Waals surface area contributed by atoms with Gasteiger partial charge in [-0.2, -0.15) is 0 Å². The number of H-pyrrole nitrogens is 1. The fourth-order valence-corrected chi connectivity index (χ4v) is 2.41. The molecule has 0 atom stereocenters. The van der Waals surface area contributed by atoms with E-state index in [9.17, 15) is 5.11 Å². The third-order valence-corrected chi connectivity index (χ3v) is 3.39. The number of aliphatic hydroxyl groups excluding tert-OH is 1. The summed E-state index contributed by atoms with van der Waals surface area (Å²) >= 11 is 5.88. The fourth-order valence-electron chi connectivity index (χ4n) is 2.28. The number of fused-ring (bicyclic) bond motifs is 1. The summed E-state index contributed by atoms with van der Waals surface area (Å²) in [6, 6.07) is 7.60. The van der Waals surface area contributed by atoms with Crippen LogP contribution in [0.1, 0.15) is 16.8 Å². The van der Waals surface area contributed by atoms with Gasteiger partial charge in [-0.15, -0.1) is 0 Å². The zero-order valence-corrected chi connectivity index (χ0v) is 10.6. The number of hydrogen-bond donors (Lipinski definition) is 2. The number of halogens is 1. The van der Waals surface area contributed by atoms with Gasteiger partial charge in [0.1, 0.15) is 12.9 Å². The van der Waals surface area contributed by atoms with Gasteiger partial charge in [0.05, 0.1) is 5.69 Å². The van der Waals surface area contributed by atoms with E-state index < -0.39 is 0 Å². The molecule has 1 aliphatic heterocycles. The molecule has 0 aliphatic carbocycles. The lowest BCUT2D eigenvalue weighted by molar-refractivity contribution is 0.219. The summed E-state index contributed by atoms with van der Waals surface area (Å²) in [5, 5.41) is 10.5.